The molecule has 0 aliphatic carbocycles. The van der Waals surface area contributed by atoms with E-state index in [4.69, 9.17) is 27.6 Å². The van der Waals surface area contributed by atoms with Gasteiger partial charge in [0.1, 0.15) is 0 Å². The molecule has 0 amide bonds. The van der Waals surface area contributed by atoms with Crippen LogP contribution in [0.15, 0.2) is 52.9 Å². The molecule has 0 aliphatic rings. The molecular formula is C16H10Cl2N2O. The average molecular weight is 317 g/mol. The van der Waals surface area contributed by atoms with Crippen LogP contribution in [-0.2, 0) is 0 Å². The van der Waals surface area contributed by atoms with Crippen molar-refractivity contribution in [2.24, 2.45) is 0 Å². The summed E-state index contributed by atoms with van der Waals surface area (Å²) in [5.74, 6) is 0.900. The number of nitrogens with zero attached hydrogens (tertiary/aromatic N) is 2. The highest BCUT2D eigenvalue weighted by molar-refractivity contribution is 6.35. The third-order valence-corrected chi connectivity index (χ3v) is 3.39. The minimum atomic E-state index is 0.417. The highest BCUT2D eigenvalue weighted by atomic mass is 35.5. The maximum Gasteiger partial charge on any atom is 0.248 e. The molecule has 0 radical (unpaired) electrons. The molecule has 0 aliphatic heterocycles. The van der Waals surface area contributed by atoms with Gasteiger partial charge in [-0.1, -0.05) is 47.5 Å². The van der Waals surface area contributed by atoms with Crippen LogP contribution in [0.5, 0.6) is 0 Å². The van der Waals surface area contributed by atoms with Gasteiger partial charge in [0.15, 0.2) is 0 Å². The zero-order chi connectivity index (χ0) is 14.7. The summed E-state index contributed by atoms with van der Waals surface area (Å²) < 4.78 is 5.58. The minimum Gasteiger partial charge on any atom is -0.417 e. The van der Waals surface area contributed by atoms with Crippen molar-refractivity contribution in [1.29, 1.82) is 0 Å². The molecule has 0 fully saturated rings. The summed E-state index contributed by atoms with van der Waals surface area (Å²) in [5.41, 5.74) is 1.72. The van der Waals surface area contributed by atoms with Crippen LogP contribution in [0.25, 0.3) is 23.6 Å². The summed E-state index contributed by atoms with van der Waals surface area (Å²) in [6.07, 6.45) is 3.52. The lowest BCUT2D eigenvalue weighted by Crippen LogP contribution is -1.76. The van der Waals surface area contributed by atoms with Crippen molar-refractivity contribution >= 4 is 35.4 Å². The Bertz CT molecular complexity index is 782. The molecular weight excluding hydrogens is 307 g/mol. The molecule has 0 atom stereocenters. The van der Waals surface area contributed by atoms with Crippen LogP contribution in [0.1, 0.15) is 11.5 Å². The summed E-state index contributed by atoms with van der Waals surface area (Å²) in [5, 5.41) is 9.16. The van der Waals surface area contributed by atoms with Crippen LogP contribution >= 0.6 is 23.2 Å². The number of halogens is 2. The molecule has 0 bridgehead atoms. The molecule has 3 nitrogen and oxygen atoms in total. The van der Waals surface area contributed by atoms with Crippen molar-refractivity contribution in [3.63, 3.8) is 0 Å². The zero-order valence-corrected chi connectivity index (χ0v) is 12.3. The van der Waals surface area contributed by atoms with Crippen molar-refractivity contribution in [3.8, 4) is 11.5 Å². The second kappa shape index (κ2) is 6.12. The Morgan fingerprint density at radius 3 is 2.48 bits per heavy atom. The first-order valence-electron chi connectivity index (χ1n) is 6.24. The Balaban J connectivity index is 1.83. The van der Waals surface area contributed by atoms with Gasteiger partial charge in [-0.05, 0) is 35.9 Å². The second-order valence-electron chi connectivity index (χ2n) is 4.31. The molecule has 104 valence electrons. The molecule has 3 aromatic rings. The third kappa shape index (κ3) is 3.32. The molecule has 3 rings (SSSR count). The lowest BCUT2D eigenvalue weighted by atomic mass is 10.2. The van der Waals surface area contributed by atoms with Crippen molar-refractivity contribution in [3.05, 3.63) is 70.0 Å². The molecule has 0 saturated carbocycles. The third-order valence-electron chi connectivity index (χ3n) is 2.83. The molecule has 0 unspecified atom stereocenters. The maximum atomic E-state index is 6.09. The van der Waals surface area contributed by atoms with E-state index in [1.807, 2.05) is 36.4 Å². The smallest absolute Gasteiger partial charge is 0.248 e. The van der Waals surface area contributed by atoms with E-state index in [0.29, 0.717) is 21.8 Å². The van der Waals surface area contributed by atoms with Gasteiger partial charge in [0.25, 0.3) is 0 Å². The molecule has 1 heterocycles. The highest BCUT2D eigenvalue weighted by Crippen LogP contribution is 2.23. The fraction of sp³-hybridized carbons (Fsp3) is 0. The van der Waals surface area contributed by atoms with Crippen molar-refractivity contribution in [2.75, 3.05) is 0 Å². The largest absolute Gasteiger partial charge is 0.417 e. The first-order valence-corrected chi connectivity index (χ1v) is 7.00. The Morgan fingerprint density at radius 1 is 0.905 bits per heavy atom. The van der Waals surface area contributed by atoms with E-state index in [2.05, 4.69) is 10.2 Å². The molecule has 0 N–H and O–H groups in total. The molecule has 0 spiro atoms. The van der Waals surface area contributed by atoms with Crippen molar-refractivity contribution in [1.82, 2.24) is 10.2 Å². The van der Waals surface area contributed by atoms with E-state index < -0.39 is 0 Å². The summed E-state index contributed by atoms with van der Waals surface area (Å²) in [6, 6.07) is 14.9. The van der Waals surface area contributed by atoms with Crippen LogP contribution < -0.4 is 0 Å². The van der Waals surface area contributed by atoms with E-state index in [1.165, 1.54) is 0 Å². The summed E-state index contributed by atoms with van der Waals surface area (Å²) in [7, 11) is 0. The van der Waals surface area contributed by atoms with Crippen LogP contribution in [0, 0.1) is 0 Å². The second-order valence-corrected chi connectivity index (χ2v) is 5.15. The number of benzene rings is 2. The quantitative estimate of drug-likeness (QED) is 0.665. The predicted octanol–water partition coefficient (Wildman–Crippen LogP) is 5.21. The van der Waals surface area contributed by atoms with Gasteiger partial charge in [-0.15, -0.1) is 10.2 Å². The number of rotatable bonds is 3. The van der Waals surface area contributed by atoms with Gasteiger partial charge < -0.3 is 4.42 Å². The van der Waals surface area contributed by atoms with Gasteiger partial charge in [-0.3, -0.25) is 0 Å². The van der Waals surface area contributed by atoms with Gasteiger partial charge in [0.05, 0.1) is 0 Å². The summed E-state index contributed by atoms with van der Waals surface area (Å²) >= 11 is 12.0. The van der Waals surface area contributed by atoms with Crippen LogP contribution in [-0.4, -0.2) is 10.2 Å². The maximum absolute atomic E-state index is 6.09. The van der Waals surface area contributed by atoms with Crippen LogP contribution in [0.3, 0.4) is 0 Å². The van der Waals surface area contributed by atoms with E-state index in [1.54, 1.807) is 24.3 Å². The zero-order valence-electron chi connectivity index (χ0n) is 10.8. The summed E-state index contributed by atoms with van der Waals surface area (Å²) in [6.45, 7) is 0. The Morgan fingerprint density at radius 2 is 1.71 bits per heavy atom. The average Bonchev–Trinajstić information content (AvgIpc) is 2.96. The first kappa shape index (κ1) is 13.9. The fourth-order valence-corrected chi connectivity index (χ4v) is 2.27. The lowest BCUT2D eigenvalue weighted by molar-refractivity contribution is 0.558. The van der Waals surface area contributed by atoms with Crippen molar-refractivity contribution in [2.45, 2.75) is 0 Å². The number of hydrogen-bond acceptors (Lipinski definition) is 3. The molecule has 2 aromatic carbocycles. The van der Waals surface area contributed by atoms with E-state index in [0.717, 1.165) is 11.1 Å². The van der Waals surface area contributed by atoms with Crippen LogP contribution in [0.2, 0.25) is 10.0 Å². The highest BCUT2D eigenvalue weighted by Gasteiger charge is 2.05. The Labute approximate surface area is 131 Å². The predicted molar refractivity (Wildman–Crippen MR) is 85.1 cm³/mol. The van der Waals surface area contributed by atoms with Crippen molar-refractivity contribution < 1.29 is 4.42 Å². The monoisotopic (exact) mass is 316 g/mol. The Hall–Kier alpha value is -2.10. The standard InChI is InChI=1S/C16H10Cl2N2O/c17-13-8-6-11(14(18)10-13)7-9-15-19-20-16(21-15)12-4-2-1-3-5-12/h1-10H/b9-7+. The van der Waals surface area contributed by atoms with Gasteiger partial charge in [-0.25, -0.2) is 0 Å². The van der Waals surface area contributed by atoms with Gasteiger partial charge in [-0.2, -0.15) is 0 Å². The van der Waals surface area contributed by atoms with E-state index >= 15 is 0 Å². The normalized spacial score (nSPS) is 11.1. The number of aromatic nitrogens is 2. The van der Waals surface area contributed by atoms with Crippen LogP contribution in [0.4, 0.5) is 0 Å². The first-order chi connectivity index (χ1) is 10.2. The molecule has 0 saturated heterocycles. The van der Waals surface area contributed by atoms with Gasteiger partial charge in [0.2, 0.25) is 11.8 Å². The van der Waals surface area contributed by atoms with Gasteiger partial charge in [0, 0.05) is 21.7 Å². The lowest BCUT2D eigenvalue weighted by Gasteiger charge is -1.97. The molecule has 1 aromatic heterocycles. The molecule has 21 heavy (non-hydrogen) atoms. The SMILES string of the molecule is Clc1ccc(/C=C/c2nnc(-c3ccccc3)o2)c(Cl)c1. The Kier molecular flexibility index (Phi) is 4.04. The minimum absolute atomic E-state index is 0.417. The van der Waals surface area contributed by atoms with Gasteiger partial charge >= 0.3 is 0 Å². The topological polar surface area (TPSA) is 38.9 Å². The molecule has 5 heteroatoms. The van der Waals surface area contributed by atoms with E-state index in [-0.39, 0.29) is 0 Å². The fourth-order valence-electron chi connectivity index (χ4n) is 1.80. The van der Waals surface area contributed by atoms with E-state index in [9.17, 15) is 0 Å². The number of hydrogen-bond donors (Lipinski definition) is 0. The summed E-state index contributed by atoms with van der Waals surface area (Å²) in [4.78, 5) is 0.